The van der Waals surface area contributed by atoms with Crippen LogP contribution in [0.15, 0.2) is 18.2 Å². The average Bonchev–Trinajstić information content (AvgIpc) is 3.24. The molecule has 0 aromatic heterocycles. The second-order valence-corrected chi connectivity index (χ2v) is 7.52. The first-order chi connectivity index (χ1) is 9.95. The summed E-state index contributed by atoms with van der Waals surface area (Å²) in [4.78, 5) is 4.94. The third kappa shape index (κ3) is 3.53. The molecule has 1 saturated heterocycles. The highest BCUT2D eigenvalue weighted by atomic mass is 35.5. The minimum Gasteiger partial charge on any atom is -0.368 e. The molecule has 1 aromatic carbocycles. The quantitative estimate of drug-likeness (QED) is 0.922. The molecule has 3 rings (SSSR count). The summed E-state index contributed by atoms with van der Waals surface area (Å²) in [7, 11) is 2.21. The van der Waals surface area contributed by atoms with E-state index < -0.39 is 0 Å². The van der Waals surface area contributed by atoms with Crippen LogP contribution in [0.25, 0.3) is 0 Å². The first-order valence-electron chi connectivity index (χ1n) is 7.94. The zero-order valence-corrected chi connectivity index (χ0v) is 14.1. The SMILES string of the molecule is CN1CCN(c2cc(Cl)ccc2CNC2CC2)CC1(C)C. The van der Waals surface area contributed by atoms with Gasteiger partial charge in [0.25, 0.3) is 0 Å². The van der Waals surface area contributed by atoms with Crippen LogP contribution in [0, 0.1) is 0 Å². The summed E-state index contributed by atoms with van der Waals surface area (Å²) in [6.07, 6.45) is 2.65. The molecular formula is C17H26ClN3. The molecule has 21 heavy (non-hydrogen) atoms. The summed E-state index contributed by atoms with van der Waals surface area (Å²) < 4.78 is 0. The van der Waals surface area contributed by atoms with Crippen molar-refractivity contribution in [1.82, 2.24) is 10.2 Å². The third-order valence-corrected chi connectivity index (χ3v) is 5.10. The zero-order chi connectivity index (χ0) is 15.0. The molecule has 1 N–H and O–H groups in total. The molecule has 0 atom stereocenters. The number of benzene rings is 1. The van der Waals surface area contributed by atoms with E-state index in [0.717, 1.165) is 37.2 Å². The van der Waals surface area contributed by atoms with E-state index in [1.54, 1.807) is 0 Å². The normalized spacial score (nSPS) is 22.6. The predicted octanol–water partition coefficient (Wildman–Crippen LogP) is 3.12. The molecule has 116 valence electrons. The lowest BCUT2D eigenvalue weighted by Crippen LogP contribution is -2.57. The Balaban J connectivity index is 1.80. The third-order valence-electron chi connectivity index (χ3n) is 4.86. The molecule has 1 aliphatic carbocycles. The highest BCUT2D eigenvalue weighted by molar-refractivity contribution is 6.30. The van der Waals surface area contributed by atoms with Crippen molar-refractivity contribution in [2.24, 2.45) is 0 Å². The molecule has 1 aromatic rings. The monoisotopic (exact) mass is 307 g/mol. The van der Waals surface area contributed by atoms with Gasteiger partial charge in [0.15, 0.2) is 0 Å². The molecule has 1 heterocycles. The molecule has 0 unspecified atom stereocenters. The van der Waals surface area contributed by atoms with Gasteiger partial charge < -0.3 is 10.2 Å². The average molecular weight is 308 g/mol. The van der Waals surface area contributed by atoms with E-state index in [9.17, 15) is 0 Å². The fourth-order valence-electron chi connectivity index (χ4n) is 2.97. The Hall–Kier alpha value is -0.770. The first-order valence-corrected chi connectivity index (χ1v) is 8.31. The van der Waals surface area contributed by atoms with Gasteiger partial charge in [0.1, 0.15) is 0 Å². The van der Waals surface area contributed by atoms with E-state index in [-0.39, 0.29) is 5.54 Å². The maximum atomic E-state index is 6.25. The van der Waals surface area contributed by atoms with Crippen LogP contribution < -0.4 is 10.2 Å². The fourth-order valence-corrected chi connectivity index (χ4v) is 3.13. The fraction of sp³-hybridized carbons (Fsp3) is 0.647. The summed E-state index contributed by atoms with van der Waals surface area (Å²) in [5.41, 5.74) is 2.87. The number of nitrogens with one attached hydrogen (secondary N) is 1. The summed E-state index contributed by atoms with van der Waals surface area (Å²) in [6, 6.07) is 7.05. The molecule has 0 amide bonds. The van der Waals surface area contributed by atoms with Crippen LogP contribution in [0.5, 0.6) is 0 Å². The number of hydrogen-bond donors (Lipinski definition) is 1. The van der Waals surface area contributed by atoms with Crippen molar-refractivity contribution in [1.29, 1.82) is 0 Å². The van der Waals surface area contributed by atoms with Gasteiger partial charge >= 0.3 is 0 Å². The van der Waals surface area contributed by atoms with Crippen molar-refractivity contribution in [3.05, 3.63) is 28.8 Å². The minimum absolute atomic E-state index is 0.196. The van der Waals surface area contributed by atoms with Gasteiger partial charge in [-0.3, -0.25) is 4.90 Å². The lowest BCUT2D eigenvalue weighted by Gasteiger charge is -2.46. The summed E-state index contributed by atoms with van der Waals surface area (Å²) in [5, 5.41) is 4.45. The highest BCUT2D eigenvalue weighted by Gasteiger charge is 2.32. The van der Waals surface area contributed by atoms with Crippen LogP contribution in [0.4, 0.5) is 5.69 Å². The molecule has 3 nitrogen and oxygen atoms in total. The van der Waals surface area contributed by atoms with E-state index in [2.05, 4.69) is 48.1 Å². The largest absolute Gasteiger partial charge is 0.368 e. The van der Waals surface area contributed by atoms with E-state index in [4.69, 9.17) is 11.6 Å². The van der Waals surface area contributed by atoms with Crippen molar-refractivity contribution in [2.75, 3.05) is 31.6 Å². The maximum Gasteiger partial charge on any atom is 0.0427 e. The van der Waals surface area contributed by atoms with Crippen molar-refractivity contribution in [2.45, 2.75) is 44.8 Å². The number of rotatable bonds is 4. The first kappa shape index (κ1) is 15.1. The molecule has 0 radical (unpaired) electrons. The molecule has 4 heteroatoms. The Morgan fingerprint density at radius 1 is 1.29 bits per heavy atom. The smallest absolute Gasteiger partial charge is 0.0427 e. The molecule has 1 aliphatic heterocycles. The number of likely N-dealkylation sites (N-methyl/N-ethyl adjacent to an activating group) is 1. The van der Waals surface area contributed by atoms with Crippen molar-refractivity contribution < 1.29 is 0 Å². The van der Waals surface area contributed by atoms with Gasteiger partial charge in [-0.1, -0.05) is 17.7 Å². The Morgan fingerprint density at radius 3 is 2.71 bits per heavy atom. The maximum absolute atomic E-state index is 6.25. The second kappa shape index (κ2) is 5.79. The van der Waals surface area contributed by atoms with Gasteiger partial charge in [-0.25, -0.2) is 0 Å². The van der Waals surface area contributed by atoms with Crippen molar-refractivity contribution >= 4 is 17.3 Å². The van der Waals surface area contributed by atoms with Crippen molar-refractivity contribution in [3.8, 4) is 0 Å². The number of nitrogens with zero attached hydrogens (tertiary/aromatic N) is 2. The Bertz CT molecular complexity index is 511. The van der Waals surface area contributed by atoms with Crippen LogP contribution in [0.3, 0.4) is 0 Å². The van der Waals surface area contributed by atoms with E-state index in [1.165, 1.54) is 24.1 Å². The van der Waals surface area contributed by atoms with Crippen molar-refractivity contribution in [3.63, 3.8) is 0 Å². The second-order valence-electron chi connectivity index (χ2n) is 7.08. The van der Waals surface area contributed by atoms with E-state index >= 15 is 0 Å². The number of hydrogen-bond acceptors (Lipinski definition) is 3. The Labute approximate surface area is 133 Å². The molecule has 0 bridgehead atoms. The molecule has 2 fully saturated rings. The van der Waals surface area contributed by atoms with Gasteiger partial charge in [-0.15, -0.1) is 0 Å². The van der Waals surface area contributed by atoms with Crippen LogP contribution >= 0.6 is 11.6 Å². The summed E-state index contributed by atoms with van der Waals surface area (Å²) in [5.74, 6) is 0. The van der Waals surface area contributed by atoms with E-state index in [0.29, 0.717) is 0 Å². The number of anilines is 1. The van der Waals surface area contributed by atoms with Crippen LogP contribution in [0.1, 0.15) is 32.3 Å². The zero-order valence-electron chi connectivity index (χ0n) is 13.3. The van der Waals surface area contributed by atoms with Gasteiger partial charge in [0.05, 0.1) is 0 Å². The van der Waals surface area contributed by atoms with Gasteiger partial charge in [-0.05, 0) is 51.4 Å². The lowest BCUT2D eigenvalue weighted by atomic mass is 9.98. The van der Waals surface area contributed by atoms with Crippen LogP contribution in [-0.2, 0) is 6.54 Å². The predicted molar refractivity (Wildman–Crippen MR) is 90.2 cm³/mol. The van der Waals surface area contributed by atoms with Gasteiger partial charge in [0.2, 0.25) is 0 Å². The topological polar surface area (TPSA) is 18.5 Å². The lowest BCUT2D eigenvalue weighted by molar-refractivity contribution is 0.139. The standard InChI is InChI=1S/C17H26ClN3/c1-17(2)12-21(9-8-20(17)3)16-10-14(18)5-4-13(16)11-19-15-6-7-15/h4-5,10,15,19H,6-9,11-12H2,1-3H3. The molecule has 2 aliphatic rings. The summed E-state index contributed by atoms with van der Waals surface area (Å²) >= 11 is 6.25. The van der Waals surface area contributed by atoms with Crippen LogP contribution in [0.2, 0.25) is 5.02 Å². The number of piperazine rings is 1. The van der Waals surface area contributed by atoms with Gasteiger partial charge in [-0.2, -0.15) is 0 Å². The minimum atomic E-state index is 0.196. The van der Waals surface area contributed by atoms with Crippen LogP contribution in [-0.4, -0.2) is 43.2 Å². The van der Waals surface area contributed by atoms with Gasteiger partial charge in [0, 0.05) is 48.5 Å². The molecular weight excluding hydrogens is 282 g/mol. The molecule has 1 saturated carbocycles. The number of halogens is 1. The summed E-state index contributed by atoms with van der Waals surface area (Å²) in [6.45, 7) is 8.77. The Morgan fingerprint density at radius 2 is 2.05 bits per heavy atom. The highest BCUT2D eigenvalue weighted by Crippen LogP contribution is 2.30. The molecule has 0 spiro atoms. The van der Waals surface area contributed by atoms with E-state index in [1.807, 2.05) is 6.07 Å². The Kier molecular flexibility index (Phi) is 4.17.